The summed E-state index contributed by atoms with van der Waals surface area (Å²) in [7, 11) is 1.91. The fraction of sp³-hybridized carbons (Fsp3) is 0.400. The van der Waals surface area contributed by atoms with E-state index in [1.54, 1.807) is 0 Å². The summed E-state index contributed by atoms with van der Waals surface area (Å²) < 4.78 is 7.36. The third kappa shape index (κ3) is 3.62. The Morgan fingerprint density at radius 1 is 1.29 bits per heavy atom. The standard InChI is InChI=1S/C20H24N6O2/c1-3-10-21-20(27)26-11-9-16-15(13-26)18(23-25(16)2)19-22-17(24-28-19)12-14-7-5-4-6-8-14/h4-8H,3,9-13H2,1-2H3,(H,21,27). The molecule has 4 rings (SSSR count). The molecule has 0 fully saturated rings. The first-order chi connectivity index (χ1) is 13.7. The molecule has 3 heterocycles. The Morgan fingerprint density at radius 2 is 2.11 bits per heavy atom. The van der Waals surface area contributed by atoms with Crippen LogP contribution in [0.5, 0.6) is 0 Å². The first-order valence-electron chi connectivity index (χ1n) is 9.60. The number of carbonyl (C=O) groups is 1. The minimum Gasteiger partial charge on any atom is -0.338 e. The van der Waals surface area contributed by atoms with Gasteiger partial charge in [-0.15, -0.1) is 0 Å². The van der Waals surface area contributed by atoms with Crippen LogP contribution in [0.15, 0.2) is 34.9 Å². The van der Waals surface area contributed by atoms with E-state index in [4.69, 9.17) is 4.52 Å². The highest BCUT2D eigenvalue weighted by Crippen LogP contribution is 2.29. The predicted molar refractivity (Wildman–Crippen MR) is 104 cm³/mol. The SMILES string of the molecule is CCCNC(=O)N1CCc2c(c(-c3nc(Cc4ccccc4)no3)nn2C)C1. The second kappa shape index (κ2) is 7.84. The van der Waals surface area contributed by atoms with Crippen LogP contribution in [0.3, 0.4) is 0 Å². The molecule has 0 saturated carbocycles. The molecule has 146 valence electrons. The van der Waals surface area contributed by atoms with E-state index >= 15 is 0 Å². The summed E-state index contributed by atoms with van der Waals surface area (Å²) in [4.78, 5) is 18.7. The van der Waals surface area contributed by atoms with Crippen LogP contribution in [0, 0.1) is 0 Å². The van der Waals surface area contributed by atoms with Crippen LogP contribution in [0.25, 0.3) is 11.6 Å². The fourth-order valence-electron chi connectivity index (χ4n) is 3.48. The van der Waals surface area contributed by atoms with Gasteiger partial charge >= 0.3 is 6.03 Å². The molecular weight excluding hydrogens is 356 g/mol. The first kappa shape index (κ1) is 18.2. The topological polar surface area (TPSA) is 89.1 Å². The van der Waals surface area contributed by atoms with Crippen LogP contribution in [-0.2, 0) is 26.4 Å². The van der Waals surface area contributed by atoms with Gasteiger partial charge in [0.05, 0.1) is 6.54 Å². The molecule has 0 radical (unpaired) electrons. The summed E-state index contributed by atoms with van der Waals surface area (Å²) in [6.07, 6.45) is 2.27. The molecule has 1 aromatic carbocycles. The lowest BCUT2D eigenvalue weighted by molar-refractivity contribution is 0.192. The molecular formula is C20H24N6O2. The molecule has 0 saturated heterocycles. The Bertz CT molecular complexity index is 962. The first-order valence-corrected chi connectivity index (χ1v) is 9.60. The van der Waals surface area contributed by atoms with Gasteiger partial charge in [-0.3, -0.25) is 4.68 Å². The van der Waals surface area contributed by atoms with Crippen LogP contribution < -0.4 is 5.32 Å². The molecule has 2 amide bonds. The lowest BCUT2D eigenvalue weighted by Crippen LogP contribution is -2.43. The minimum atomic E-state index is -0.0439. The highest BCUT2D eigenvalue weighted by Gasteiger charge is 2.29. The predicted octanol–water partition coefficient (Wildman–Crippen LogP) is 2.54. The lowest BCUT2D eigenvalue weighted by Gasteiger charge is -2.27. The number of aryl methyl sites for hydroxylation is 1. The number of nitrogens with zero attached hydrogens (tertiary/aromatic N) is 5. The van der Waals surface area contributed by atoms with E-state index in [2.05, 4.69) is 20.6 Å². The molecule has 0 unspecified atom stereocenters. The Hall–Kier alpha value is -3.16. The van der Waals surface area contributed by atoms with Crippen LogP contribution in [-0.4, -0.2) is 43.9 Å². The van der Waals surface area contributed by atoms with E-state index < -0.39 is 0 Å². The van der Waals surface area contributed by atoms with E-state index in [1.165, 1.54) is 0 Å². The lowest BCUT2D eigenvalue weighted by atomic mass is 10.1. The second-order valence-corrected chi connectivity index (χ2v) is 6.98. The molecule has 8 heteroatoms. The molecule has 0 atom stereocenters. The van der Waals surface area contributed by atoms with Gasteiger partial charge in [-0.2, -0.15) is 10.1 Å². The molecule has 8 nitrogen and oxygen atoms in total. The van der Waals surface area contributed by atoms with E-state index in [-0.39, 0.29) is 6.03 Å². The van der Waals surface area contributed by atoms with E-state index in [9.17, 15) is 4.79 Å². The Balaban J connectivity index is 1.56. The largest absolute Gasteiger partial charge is 0.338 e. The van der Waals surface area contributed by atoms with Gasteiger partial charge in [0.15, 0.2) is 11.5 Å². The monoisotopic (exact) mass is 380 g/mol. The number of fused-ring (bicyclic) bond motifs is 1. The summed E-state index contributed by atoms with van der Waals surface area (Å²) in [6.45, 7) is 3.88. The van der Waals surface area contributed by atoms with E-state index in [1.807, 2.05) is 53.9 Å². The average Bonchev–Trinajstić information content (AvgIpc) is 3.31. The molecule has 0 aliphatic carbocycles. The van der Waals surface area contributed by atoms with Gasteiger partial charge < -0.3 is 14.7 Å². The smallest absolute Gasteiger partial charge is 0.317 e. The van der Waals surface area contributed by atoms with Crippen molar-refractivity contribution in [3.63, 3.8) is 0 Å². The molecule has 1 aliphatic heterocycles. The number of rotatable bonds is 5. The number of urea groups is 1. The van der Waals surface area contributed by atoms with Crippen molar-refractivity contribution in [2.75, 3.05) is 13.1 Å². The number of benzene rings is 1. The van der Waals surface area contributed by atoms with Crippen LogP contribution >= 0.6 is 0 Å². The van der Waals surface area contributed by atoms with E-state index in [0.29, 0.717) is 43.5 Å². The van der Waals surface area contributed by atoms with Gasteiger partial charge in [0.25, 0.3) is 5.89 Å². The molecule has 1 N–H and O–H groups in total. The summed E-state index contributed by atoms with van der Waals surface area (Å²) >= 11 is 0. The number of hydrogen-bond donors (Lipinski definition) is 1. The van der Waals surface area contributed by atoms with Gasteiger partial charge in [0.2, 0.25) is 0 Å². The maximum Gasteiger partial charge on any atom is 0.317 e. The Kier molecular flexibility index (Phi) is 5.10. The zero-order chi connectivity index (χ0) is 19.5. The Labute approximate surface area is 163 Å². The molecule has 1 aliphatic rings. The summed E-state index contributed by atoms with van der Waals surface area (Å²) in [6, 6.07) is 9.98. The summed E-state index contributed by atoms with van der Waals surface area (Å²) in [5, 5.41) is 11.7. The average molecular weight is 380 g/mol. The summed E-state index contributed by atoms with van der Waals surface area (Å²) in [5.74, 6) is 1.02. The maximum atomic E-state index is 12.4. The molecule has 28 heavy (non-hydrogen) atoms. The van der Waals surface area contributed by atoms with Crippen molar-refractivity contribution < 1.29 is 9.32 Å². The van der Waals surface area contributed by atoms with Crippen LogP contribution in [0.1, 0.15) is 36.0 Å². The van der Waals surface area contributed by atoms with Gasteiger partial charge in [-0.1, -0.05) is 42.4 Å². The summed E-state index contributed by atoms with van der Waals surface area (Å²) in [5.41, 5.74) is 3.88. The van der Waals surface area contributed by atoms with Crippen molar-refractivity contribution in [1.82, 2.24) is 30.1 Å². The van der Waals surface area contributed by atoms with Crippen molar-refractivity contribution >= 4 is 6.03 Å². The molecule has 0 bridgehead atoms. The van der Waals surface area contributed by atoms with E-state index in [0.717, 1.165) is 29.7 Å². The number of nitrogens with one attached hydrogen (secondary N) is 1. The Morgan fingerprint density at radius 3 is 2.89 bits per heavy atom. The number of aromatic nitrogens is 4. The van der Waals surface area contributed by atoms with Gasteiger partial charge in [0.1, 0.15) is 0 Å². The van der Waals surface area contributed by atoms with Gasteiger partial charge in [-0.05, 0) is 12.0 Å². The quantitative estimate of drug-likeness (QED) is 0.735. The van der Waals surface area contributed by atoms with Gasteiger partial charge in [0, 0.05) is 44.2 Å². The van der Waals surface area contributed by atoms with Gasteiger partial charge in [-0.25, -0.2) is 4.79 Å². The number of carbonyl (C=O) groups excluding carboxylic acids is 1. The molecule has 3 aromatic rings. The van der Waals surface area contributed by atoms with Crippen molar-refractivity contribution in [2.24, 2.45) is 7.05 Å². The maximum absolute atomic E-state index is 12.4. The fourth-order valence-corrected chi connectivity index (χ4v) is 3.48. The zero-order valence-corrected chi connectivity index (χ0v) is 16.2. The second-order valence-electron chi connectivity index (χ2n) is 6.98. The number of hydrogen-bond acceptors (Lipinski definition) is 5. The minimum absolute atomic E-state index is 0.0439. The van der Waals surface area contributed by atoms with Crippen molar-refractivity contribution in [3.05, 3.63) is 53.0 Å². The highest BCUT2D eigenvalue weighted by molar-refractivity contribution is 5.75. The zero-order valence-electron chi connectivity index (χ0n) is 16.2. The highest BCUT2D eigenvalue weighted by atomic mass is 16.5. The van der Waals surface area contributed by atoms with Crippen molar-refractivity contribution in [1.29, 1.82) is 0 Å². The third-order valence-corrected chi connectivity index (χ3v) is 4.93. The third-order valence-electron chi connectivity index (χ3n) is 4.93. The van der Waals surface area contributed by atoms with Crippen molar-refractivity contribution in [2.45, 2.75) is 32.7 Å². The molecule has 2 aromatic heterocycles. The van der Waals surface area contributed by atoms with Crippen LogP contribution in [0.2, 0.25) is 0 Å². The normalized spacial score (nSPS) is 13.4. The van der Waals surface area contributed by atoms with Crippen molar-refractivity contribution in [3.8, 4) is 11.6 Å². The number of amides is 2. The molecule has 0 spiro atoms. The van der Waals surface area contributed by atoms with Crippen LogP contribution in [0.4, 0.5) is 4.79 Å².